The van der Waals surface area contributed by atoms with Crippen LogP contribution in [0.2, 0.25) is 0 Å². The van der Waals surface area contributed by atoms with E-state index >= 15 is 0 Å². The Morgan fingerprint density at radius 2 is 1.77 bits per heavy atom. The van der Waals surface area contributed by atoms with E-state index in [0.29, 0.717) is 11.5 Å². The van der Waals surface area contributed by atoms with E-state index in [0.717, 1.165) is 32.7 Å². The smallest absolute Gasteiger partial charge is 0.272 e. The Kier molecular flexibility index (Phi) is 5.52. The molecule has 0 saturated carbocycles. The summed E-state index contributed by atoms with van der Waals surface area (Å²) in [6.07, 6.45) is 1.45. The number of piperazine rings is 1. The predicted molar refractivity (Wildman–Crippen MR) is 103 cm³/mol. The fraction of sp³-hybridized carbons (Fsp3) is 0.450. The Morgan fingerprint density at radius 3 is 2.42 bits per heavy atom. The van der Waals surface area contributed by atoms with Crippen LogP contribution < -0.4 is 5.32 Å². The number of hydrogen-bond acceptors (Lipinski definition) is 5. The maximum Gasteiger partial charge on any atom is 0.272 e. The maximum absolute atomic E-state index is 12.8. The lowest BCUT2D eigenvalue weighted by Gasteiger charge is -2.34. The summed E-state index contributed by atoms with van der Waals surface area (Å²) in [5.74, 6) is 0.655. The zero-order valence-electron chi connectivity index (χ0n) is 15.8. The second-order valence-electron chi connectivity index (χ2n) is 7.72. The first-order valence-electron chi connectivity index (χ1n) is 9.06. The van der Waals surface area contributed by atoms with E-state index in [1.807, 2.05) is 11.0 Å². The molecule has 0 aliphatic carbocycles. The number of amides is 1. The van der Waals surface area contributed by atoms with Crippen LogP contribution in [0.15, 0.2) is 42.7 Å². The van der Waals surface area contributed by atoms with Crippen molar-refractivity contribution in [1.82, 2.24) is 19.8 Å². The van der Waals surface area contributed by atoms with Crippen molar-refractivity contribution < 1.29 is 4.79 Å². The minimum atomic E-state index is -0.113. The van der Waals surface area contributed by atoms with Crippen LogP contribution in [0.25, 0.3) is 0 Å². The highest BCUT2D eigenvalue weighted by Gasteiger charge is 2.23. The van der Waals surface area contributed by atoms with E-state index in [1.165, 1.54) is 11.9 Å². The quantitative estimate of drug-likeness (QED) is 0.916. The van der Waals surface area contributed by atoms with E-state index in [-0.39, 0.29) is 11.4 Å². The van der Waals surface area contributed by atoms with Gasteiger partial charge in [0.05, 0.1) is 0 Å². The molecule has 0 radical (unpaired) electrons. The molecule has 1 aliphatic heterocycles. The number of benzene rings is 1. The van der Waals surface area contributed by atoms with Gasteiger partial charge >= 0.3 is 0 Å². The second-order valence-corrected chi connectivity index (χ2v) is 7.72. The van der Waals surface area contributed by atoms with Gasteiger partial charge in [-0.25, -0.2) is 9.97 Å². The Hall–Kier alpha value is -2.47. The third-order valence-corrected chi connectivity index (χ3v) is 4.30. The van der Waals surface area contributed by atoms with Crippen molar-refractivity contribution in [3.8, 4) is 0 Å². The van der Waals surface area contributed by atoms with Gasteiger partial charge in [-0.2, -0.15) is 0 Å². The monoisotopic (exact) mass is 353 g/mol. The lowest BCUT2D eigenvalue weighted by molar-refractivity contribution is 0.0622. The fourth-order valence-corrected chi connectivity index (χ4v) is 3.04. The molecule has 0 unspecified atom stereocenters. The summed E-state index contributed by atoms with van der Waals surface area (Å²) in [5.41, 5.74) is 1.64. The molecule has 26 heavy (non-hydrogen) atoms. The molecule has 1 saturated heterocycles. The van der Waals surface area contributed by atoms with Crippen molar-refractivity contribution in [3.05, 3.63) is 54.0 Å². The highest BCUT2D eigenvalue weighted by atomic mass is 16.2. The van der Waals surface area contributed by atoms with Gasteiger partial charge in [0.2, 0.25) is 0 Å². The number of nitrogens with zero attached hydrogens (tertiary/aromatic N) is 4. The first kappa shape index (κ1) is 18.3. The molecule has 138 valence electrons. The molecule has 1 aromatic carbocycles. The molecule has 2 heterocycles. The van der Waals surface area contributed by atoms with Gasteiger partial charge in [-0.3, -0.25) is 9.69 Å². The van der Waals surface area contributed by atoms with E-state index in [1.54, 1.807) is 6.07 Å². The molecule has 6 nitrogen and oxygen atoms in total. The van der Waals surface area contributed by atoms with Crippen LogP contribution in [0.5, 0.6) is 0 Å². The predicted octanol–water partition coefficient (Wildman–Crippen LogP) is 2.65. The number of nitrogens with one attached hydrogen (secondary N) is 1. The largest absolute Gasteiger partial charge is 0.365 e. The molecule has 3 rings (SSSR count). The van der Waals surface area contributed by atoms with Gasteiger partial charge in [-0.15, -0.1) is 0 Å². The molecule has 1 aliphatic rings. The Bertz CT molecular complexity index is 733. The van der Waals surface area contributed by atoms with Crippen molar-refractivity contribution in [2.45, 2.75) is 32.9 Å². The molecule has 1 fully saturated rings. The van der Waals surface area contributed by atoms with E-state index in [4.69, 9.17) is 0 Å². The average Bonchev–Trinajstić information content (AvgIpc) is 2.61. The topological polar surface area (TPSA) is 61.4 Å². The average molecular weight is 353 g/mol. The third-order valence-electron chi connectivity index (χ3n) is 4.30. The van der Waals surface area contributed by atoms with Crippen molar-refractivity contribution in [1.29, 1.82) is 0 Å². The molecular weight excluding hydrogens is 326 g/mol. The highest BCUT2D eigenvalue weighted by Crippen LogP contribution is 2.15. The maximum atomic E-state index is 12.8. The molecule has 0 atom stereocenters. The van der Waals surface area contributed by atoms with E-state index in [9.17, 15) is 4.79 Å². The van der Waals surface area contributed by atoms with Crippen molar-refractivity contribution in [2.75, 3.05) is 31.5 Å². The zero-order valence-corrected chi connectivity index (χ0v) is 15.8. The molecule has 0 bridgehead atoms. The summed E-state index contributed by atoms with van der Waals surface area (Å²) < 4.78 is 0. The molecule has 1 amide bonds. The fourth-order valence-electron chi connectivity index (χ4n) is 3.04. The van der Waals surface area contributed by atoms with Crippen LogP contribution in [0.4, 0.5) is 5.82 Å². The summed E-state index contributed by atoms with van der Waals surface area (Å²) in [6, 6.07) is 12.2. The summed E-state index contributed by atoms with van der Waals surface area (Å²) in [4.78, 5) is 25.4. The van der Waals surface area contributed by atoms with Gasteiger partial charge in [0.15, 0.2) is 0 Å². The van der Waals surface area contributed by atoms with E-state index in [2.05, 4.69) is 65.2 Å². The number of rotatable bonds is 4. The summed E-state index contributed by atoms with van der Waals surface area (Å²) in [5, 5.41) is 3.28. The van der Waals surface area contributed by atoms with Crippen molar-refractivity contribution >= 4 is 11.7 Å². The van der Waals surface area contributed by atoms with Crippen LogP contribution in [-0.4, -0.2) is 57.4 Å². The number of carbonyl (C=O) groups is 1. The van der Waals surface area contributed by atoms with Gasteiger partial charge < -0.3 is 10.2 Å². The standard InChI is InChI=1S/C20H27N5O/c1-20(2,3)23-18-13-17(21-15-22-18)19(26)25-11-9-24(10-12-25)14-16-7-5-4-6-8-16/h4-8,13,15H,9-12,14H2,1-3H3,(H,21,22,23). The molecule has 1 aromatic heterocycles. The minimum Gasteiger partial charge on any atom is -0.365 e. The van der Waals surface area contributed by atoms with Crippen molar-refractivity contribution in [3.63, 3.8) is 0 Å². The van der Waals surface area contributed by atoms with Gasteiger partial charge in [-0.05, 0) is 26.3 Å². The van der Waals surface area contributed by atoms with E-state index < -0.39 is 0 Å². The zero-order chi connectivity index (χ0) is 18.6. The molecule has 6 heteroatoms. The molecular formula is C20H27N5O. The second kappa shape index (κ2) is 7.83. The van der Waals surface area contributed by atoms with Gasteiger partial charge in [0.1, 0.15) is 17.8 Å². The summed E-state index contributed by atoms with van der Waals surface area (Å²) in [6.45, 7) is 10.3. The summed E-state index contributed by atoms with van der Waals surface area (Å²) >= 11 is 0. The lowest BCUT2D eigenvalue weighted by Crippen LogP contribution is -2.48. The van der Waals surface area contributed by atoms with Crippen molar-refractivity contribution in [2.24, 2.45) is 0 Å². The number of aromatic nitrogens is 2. The first-order chi connectivity index (χ1) is 12.4. The van der Waals surface area contributed by atoms with Gasteiger partial charge in [0, 0.05) is 44.3 Å². The lowest BCUT2D eigenvalue weighted by atomic mass is 10.1. The van der Waals surface area contributed by atoms with Crippen LogP contribution in [0.3, 0.4) is 0 Å². The van der Waals surface area contributed by atoms with Crippen LogP contribution in [-0.2, 0) is 6.54 Å². The first-order valence-corrected chi connectivity index (χ1v) is 9.06. The van der Waals surface area contributed by atoms with Crippen LogP contribution in [0, 0.1) is 0 Å². The Labute approximate surface area is 155 Å². The van der Waals surface area contributed by atoms with Gasteiger partial charge in [-0.1, -0.05) is 30.3 Å². The van der Waals surface area contributed by atoms with Crippen LogP contribution >= 0.6 is 0 Å². The highest BCUT2D eigenvalue weighted by molar-refractivity contribution is 5.93. The minimum absolute atomic E-state index is 0.0243. The Morgan fingerprint density at radius 1 is 1.08 bits per heavy atom. The third kappa shape index (κ3) is 5.02. The Balaban J connectivity index is 1.57. The SMILES string of the molecule is CC(C)(C)Nc1cc(C(=O)N2CCN(Cc3ccccc3)CC2)ncn1. The molecule has 0 spiro atoms. The molecule has 1 N–H and O–H groups in total. The normalized spacial score (nSPS) is 15.7. The number of carbonyl (C=O) groups excluding carboxylic acids is 1. The molecule has 2 aromatic rings. The number of anilines is 1. The van der Waals surface area contributed by atoms with Crippen LogP contribution in [0.1, 0.15) is 36.8 Å². The van der Waals surface area contributed by atoms with Gasteiger partial charge in [0.25, 0.3) is 5.91 Å². The summed E-state index contributed by atoms with van der Waals surface area (Å²) in [7, 11) is 0. The number of hydrogen-bond donors (Lipinski definition) is 1.